The molecule has 0 saturated heterocycles. The van der Waals surface area contributed by atoms with E-state index in [1.165, 1.54) is 0 Å². The largest absolute Gasteiger partial charge is 0.360 e. The van der Waals surface area contributed by atoms with Crippen LogP contribution >= 0.6 is 0 Å². The van der Waals surface area contributed by atoms with Gasteiger partial charge in [0.15, 0.2) is 0 Å². The molecule has 2 heterocycles. The van der Waals surface area contributed by atoms with Crippen LogP contribution in [0.15, 0.2) is 35.0 Å². The van der Waals surface area contributed by atoms with Crippen molar-refractivity contribution in [3.8, 4) is 11.4 Å². The average molecular weight is 214 g/mol. The third-order valence-electron chi connectivity index (χ3n) is 2.47. The summed E-state index contributed by atoms with van der Waals surface area (Å²) in [5.41, 5.74) is 7.41. The fourth-order valence-electron chi connectivity index (χ4n) is 1.70. The molecule has 1 aromatic carbocycles. The lowest BCUT2D eigenvalue weighted by atomic mass is 10.2. The average Bonchev–Trinajstić information content (AvgIpc) is 2.94. The minimum atomic E-state index is 0.259. The second-order valence-corrected chi connectivity index (χ2v) is 3.46. The van der Waals surface area contributed by atoms with Crippen molar-refractivity contribution in [1.29, 1.82) is 0 Å². The highest BCUT2D eigenvalue weighted by atomic mass is 16.5. The lowest BCUT2D eigenvalue weighted by molar-refractivity contribution is 0.380. The normalized spacial score (nSPS) is 11.1. The number of hydrogen-bond donors (Lipinski definition) is 2. The Morgan fingerprint density at radius 2 is 2.19 bits per heavy atom. The summed E-state index contributed by atoms with van der Waals surface area (Å²) in [5, 5.41) is 4.97. The highest BCUT2D eigenvalue weighted by Crippen LogP contribution is 2.25. The van der Waals surface area contributed by atoms with Gasteiger partial charge in [0, 0.05) is 22.7 Å². The Morgan fingerprint density at radius 1 is 1.31 bits per heavy atom. The molecule has 0 spiro atoms. The maximum Gasteiger partial charge on any atom is 0.240 e. The van der Waals surface area contributed by atoms with Gasteiger partial charge in [-0.15, -0.1) is 0 Å². The number of fused-ring (bicyclic) bond motifs is 1. The van der Waals surface area contributed by atoms with Crippen LogP contribution in [0, 0.1) is 0 Å². The Morgan fingerprint density at radius 3 is 3.00 bits per heavy atom. The Balaban J connectivity index is 2.18. The lowest BCUT2D eigenvalue weighted by Gasteiger charge is -1.90. The van der Waals surface area contributed by atoms with Crippen molar-refractivity contribution in [2.24, 2.45) is 5.73 Å². The molecule has 16 heavy (non-hydrogen) atoms. The number of hydrogen-bond acceptors (Lipinski definition) is 4. The molecule has 5 nitrogen and oxygen atoms in total. The van der Waals surface area contributed by atoms with Gasteiger partial charge in [-0.3, -0.25) is 0 Å². The van der Waals surface area contributed by atoms with E-state index < -0.39 is 0 Å². The van der Waals surface area contributed by atoms with Gasteiger partial charge < -0.3 is 15.2 Å². The van der Waals surface area contributed by atoms with E-state index in [4.69, 9.17) is 10.3 Å². The molecule has 80 valence electrons. The molecule has 0 amide bonds. The monoisotopic (exact) mass is 214 g/mol. The number of H-pyrrole nitrogens is 1. The van der Waals surface area contributed by atoms with Gasteiger partial charge in [-0.2, -0.15) is 4.98 Å². The summed E-state index contributed by atoms with van der Waals surface area (Å²) < 4.78 is 4.99. The SMILES string of the molecule is NCc1nc(-c2c[nH]c3ccccc23)no1. The maximum absolute atomic E-state index is 5.43. The summed E-state index contributed by atoms with van der Waals surface area (Å²) in [5.74, 6) is 1.01. The zero-order valence-corrected chi connectivity index (χ0v) is 8.47. The van der Waals surface area contributed by atoms with Crippen molar-refractivity contribution in [3.05, 3.63) is 36.4 Å². The molecule has 0 unspecified atom stereocenters. The van der Waals surface area contributed by atoms with E-state index in [0.717, 1.165) is 16.5 Å². The molecule has 3 aromatic rings. The van der Waals surface area contributed by atoms with Crippen LogP contribution in [-0.4, -0.2) is 15.1 Å². The quantitative estimate of drug-likeness (QED) is 0.680. The number of rotatable bonds is 2. The number of nitrogens with two attached hydrogens (primary N) is 1. The minimum Gasteiger partial charge on any atom is -0.360 e. The zero-order chi connectivity index (χ0) is 11.0. The van der Waals surface area contributed by atoms with Crippen LogP contribution in [-0.2, 0) is 6.54 Å². The second-order valence-electron chi connectivity index (χ2n) is 3.46. The van der Waals surface area contributed by atoms with Crippen LogP contribution in [0.5, 0.6) is 0 Å². The highest BCUT2D eigenvalue weighted by molar-refractivity contribution is 5.93. The van der Waals surface area contributed by atoms with E-state index in [-0.39, 0.29) is 6.54 Å². The summed E-state index contributed by atoms with van der Waals surface area (Å²) in [6, 6.07) is 7.97. The smallest absolute Gasteiger partial charge is 0.240 e. The standard InChI is InChI=1S/C11H10N4O/c12-5-10-14-11(15-16-10)8-6-13-9-4-2-1-3-7(8)9/h1-4,6,13H,5,12H2. The molecule has 3 N–H and O–H groups in total. The summed E-state index contributed by atoms with van der Waals surface area (Å²) >= 11 is 0. The predicted octanol–water partition coefficient (Wildman–Crippen LogP) is 1.68. The Bertz CT molecular complexity index is 625. The molecule has 0 fully saturated rings. The predicted molar refractivity (Wildman–Crippen MR) is 59.5 cm³/mol. The van der Waals surface area contributed by atoms with Crippen molar-refractivity contribution < 1.29 is 4.52 Å². The number of nitrogens with one attached hydrogen (secondary N) is 1. The zero-order valence-electron chi connectivity index (χ0n) is 8.47. The first kappa shape index (κ1) is 9.11. The van der Waals surface area contributed by atoms with E-state index in [9.17, 15) is 0 Å². The van der Waals surface area contributed by atoms with Crippen molar-refractivity contribution in [2.45, 2.75) is 6.54 Å². The van der Waals surface area contributed by atoms with Crippen molar-refractivity contribution in [2.75, 3.05) is 0 Å². The molecule has 0 aliphatic carbocycles. The van der Waals surface area contributed by atoms with Crippen LogP contribution in [0.3, 0.4) is 0 Å². The van der Waals surface area contributed by atoms with Crippen molar-refractivity contribution in [1.82, 2.24) is 15.1 Å². The minimum absolute atomic E-state index is 0.259. The van der Waals surface area contributed by atoms with Crippen LogP contribution < -0.4 is 5.73 Å². The van der Waals surface area contributed by atoms with E-state index in [1.807, 2.05) is 30.5 Å². The Kier molecular flexibility index (Phi) is 1.97. The van der Waals surface area contributed by atoms with E-state index >= 15 is 0 Å². The number of nitrogens with zero attached hydrogens (tertiary/aromatic N) is 2. The molecule has 0 bridgehead atoms. The first-order chi connectivity index (χ1) is 7.88. The highest BCUT2D eigenvalue weighted by Gasteiger charge is 2.11. The van der Waals surface area contributed by atoms with Gasteiger partial charge in [0.1, 0.15) is 0 Å². The lowest BCUT2D eigenvalue weighted by Crippen LogP contribution is -1.95. The van der Waals surface area contributed by atoms with Crippen LogP contribution in [0.25, 0.3) is 22.3 Å². The van der Waals surface area contributed by atoms with E-state index in [0.29, 0.717) is 11.7 Å². The van der Waals surface area contributed by atoms with Crippen LogP contribution in [0.1, 0.15) is 5.89 Å². The Hall–Kier alpha value is -2.14. The van der Waals surface area contributed by atoms with Gasteiger partial charge in [0.25, 0.3) is 0 Å². The van der Waals surface area contributed by atoms with Crippen molar-refractivity contribution >= 4 is 10.9 Å². The second kappa shape index (κ2) is 3.46. The number of aromatic nitrogens is 3. The molecule has 0 radical (unpaired) electrons. The van der Waals surface area contributed by atoms with Crippen LogP contribution in [0.4, 0.5) is 0 Å². The molecule has 0 aliphatic rings. The number of para-hydroxylation sites is 1. The topological polar surface area (TPSA) is 80.7 Å². The first-order valence-corrected chi connectivity index (χ1v) is 4.97. The van der Waals surface area contributed by atoms with Gasteiger partial charge >= 0.3 is 0 Å². The van der Waals surface area contributed by atoms with Gasteiger partial charge in [0.2, 0.25) is 11.7 Å². The summed E-state index contributed by atoms with van der Waals surface area (Å²) in [7, 11) is 0. The molecule has 0 aliphatic heterocycles. The van der Waals surface area contributed by atoms with E-state index in [2.05, 4.69) is 15.1 Å². The van der Waals surface area contributed by atoms with Crippen LogP contribution in [0.2, 0.25) is 0 Å². The van der Waals surface area contributed by atoms with Gasteiger partial charge in [-0.05, 0) is 6.07 Å². The first-order valence-electron chi connectivity index (χ1n) is 4.97. The number of benzene rings is 1. The summed E-state index contributed by atoms with van der Waals surface area (Å²) in [6.07, 6.45) is 1.87. The third-order valence-corrected chi connectivity index (χ3v) is 2.47. The van der Waals surface area contributed by atoms with Gasteiger partial charge in [-0.1, -0.05) is 23.4 Å². The van der Waals surface area contributed by atoms with Crippen molar-refractivity contribution in [3.63, 3.8) is 0 Å². The molecule has 3 rings (SSSR count). The molecule has 0 atom stereocenters. The third kappa shape index (κ3) is 1.30. The summed E-state index contributed by atoms with van der Waals surface area (Å²) in [4.78, 5) is 7.36. The number of aromatic amines is 1. The fourth-order valence-corrected chi connectivity index (χ4v) is 1.70. The maximum atomic E-state index is 5.43. The van der Waals surface area contributed by atoms with E-state index in [1.54, 1.807) is 0 Å². The molecular weight excluding hydrogens is 204 g/mol. The van der Waals surface area contributed by atoms with Gasteiger partial charge in [-0.25, -0.2) is 0 Å². The summed E-state index contributed by atoms with van der Waals surface area (Å²) in [6.45, 7) is 0.259. The molecule has 5 heteroatoms. The molecule has 2 aromatic heterocycles. The fraction of sp³-hybridized carbons (Fsp3) is 0.0909. The van der Waals surface area contributed by atoms with Gasteiger partial charge in [0.05, 0.1) is 6.54 Å². The Labute approximate surface area is 91.3 Å². The molecular formula is C11H10N4O. The molecule has 0 saturated carbocycles.